The lowest BCUT2D eigenvalue weighted by atomic mass is 10.0. The number of nitrogens with zero attached hydrogens (tertiary/aromatic N) is 6. The van der Waals surface area contributed by atoms with Gasteiger partial charge in [-0.1, -0.05) is 185 Å². The molecule has 16 heterocycles. The predicted molar refractivity (Wildman–Crippen MR) is 424 cm³/mol. The van der Waals surface area contributed by atoms with Gasteiger partial charge in [0.25, 0.3) is 0 Å². The molecule has 20 bridgehead atoms. The van der Waals surface area contributed by atoms with Gasteiger partial charge < -0.3 is 18.9 Å². The van der Waals surface area contributed by atoms with E-state index in [0.29, 0.717) is 26.4 Å². The van der Waals surface area contributed by atoms with E-state index in [0.717, 1.165) is 168 Å². The number of fused-ring (bicyclic) bond motifs is 8. The summed E-state index contributed by atoms with van der Waals surface area (Å²) >= 11 is 0. The van der Waals surface area contributed by atoms with Gasteiger partial charge in [-0.15, -0.1) is 0 Å². The molecule has 0 spiro atoms. The molecule has 0 N–H and O–H groups in total. The molecule has 10 aliphatic heterocycles. The van der Waals surface area contributed by atoms with Gasteiger partial charge in [0.15, 0.2) is 0 Å². The molecular formula is C94H98N6O4. The SMILES string of the molecule is c1ccc(-c2cc3nc(c2)-c2ccc(cn2)CCCOc2ccc(cc2)CCCCCCCCc2ccc(cc2)OCCCc2ccc-3nc2)cc1.c1ccc(-c2cc3nc(c2)-c2ccc(cn2)CCCOc2ccc(cc2)CCCCCCCCc2ccc(cc2)OCCCc2ccc-3nc2)cc1. The van der Waals surface area contributed by atoms with Crippen molar-refractivity contribution in [2.45, 2.75) is 154 Å². The summed E-state index contributed by atoms with van der Waals surface area (Å²) < 4.78 is 24.3. The van der Waals surface area contributed by atoms with Crippen molar-refractivity contribution in [2.24, 2.45) is 0 Å². The Kier molecular flexibility index (Phi) is 26.7. The smallest absolute Gasteiger partial charge is 0.119 e. The van der Waals surface area contributed by atoms with Crippen molar-refractivity contribution in [2.75, 3.05) is 26.4 Å². The van der Waals surface area contributed by atoms with Crippen molar-refractivity contribution in [1.29, 1.82) is 0 Å². The maximum atomic E-state index is 6.09. The lowest BCUT2D eigenvalue weighted by molar-refractivity contribution is 0.311. The normalized spacial score (nSPS) is 14.9. The minimum absolute atomic E-state index is 0.677. The quantitative estimate of drug-likeness (QED) is 0.166. The Balaban J connectivity index is 0.000000185. The summed E-state index contributed by atoms with van der Waals surface area (Å²) in [5.74, 6) is 3.76. The maximum absolute atomic E-state index is 6.09. The fraction of sp³-hybridized carbons (Fsp3) is 0.298. The molecule has 10 heteroatoms. The zero-order chi connectivity index (χ0) is 70.4. The summed E-state index contributed by atoms with van der Waals surface area (Å²) in [6.07, 6.45) is 35.1. The van der Waals surface area contributed by atoms with Crippen LogP contribution in [0.2, 0.25) is 0 Å². The zero-order valence-corrected chi connectivity index (χ0v) is 60.4. The first-order valence-electron chi connectivity index (χ1n) is 38.3. The molecular weight excluding hydrogens is 1280 g/mol. The van der Waals surface area contributed by atoms with Gasteiger partial charge in [0, 0.05) is 24.8 Å². The third kappa shape index (κ3) is 22.2. The summed E-state index contributed by atoms with van der Waals surface area (Å²) in [6, 6.07) is 81.0. The van der Waals surface area contributed by atoms with Crippen molar-refractivity contribution in [3.05, 3.63) is 300 Å². The molecule has 22 rings (SSSR count). The molecule has 0 amide bonds. The Morgan fingerprint density at radius 2 is 0.404 bits per heavy atom. The monoisotopic (exact) mass is 1370 g/mol. The lowest BCUT2D eigenvalue weighted by Crippen LogP contribution is -2.00. The molecule has 0 saturated heterocycles. The third-order valence-corrected chi connectivity index (χ3v) is 19.8. The van der Waals surface area contributed by atoms with Gasteiger partial charge >= 0.3 is 0 Å². The van der Waals surface area contributed by atoms with Gasteiger partial charge in [-0.3, -0.25) is 19.9 Å². The van der Waals surface area contributed by atoms with E-state index in [-0.39, 0.29) is 0 Å². The number of pyridine rings is 6. The molecule has 10 aliphatic rings. The Bertz CT molecular complexity index is 3960. The van der Waals surface area contributed by atoms with Crippen LogP contribution in [0.3, 0.4) is 0 Å². The molecule has 0 saturated carbocycles. The maximum Gasteiger partial charge on any atom is 0.119 e. The third-order valence-electron chi connectivity index (χ3n) is 19.8. The van der Waals surface area contributed by atoms with Crippen molar-refractivity contribution in [3.63, 3.8) is 0 Å². The molecule has 6 aromatic heterocycles. The molecule has 6 aromatic carbocycles. The van der Waals surface area contributed by atoms with Crippen LogP contribution in [-0.2, 0) is 51.4 Å². The summed E-state index contributed by atoms with van der Waals surface area (Å²) in [5.41, 5.74) is 21.5. The van der Waals surface area contributed by atoms with Crippen LogP contribution >= 0.6 is 0 Å². The highest BCUT2D eigenvalue weighted by Crippen LogP contribution is 2.33. The van der Waals surface area contributed by atoms with Crippen LogP contribution < -0.4 is 18.9 Å². The van der Waals surface area contributed by atoms with Gasteiger partial charge in [0.2, 0.25) is 0 Å². The highest BCUT2D eigenvalue weighted by atomic mass is 16.5. The highest BCUT2D eigenvalue weighted by Gasteiger charge is 2.15. The van der Waals surface area contributed by atoms with Gasteiger partial charge in [0.1, 0.15) is 23.0 Å². The number of aryl methyl sites for hydroxylation is 8. The summed E-state index contributed by atoms with van der Waals surface area (Å²) in [5, 5.41) is 0. The van der Waals surface area contributed by atoms with Gasteiger partial charge in [-0.2, -0.15) is 0 Å². The fourth-order valence-corrected chi connectivity index (χ4v) is 13.7. The van der Waals surface area contributed by atoms with E-state index in [1.165, 1.54) is 122 Å². The largest absolute Gasteiger partial charge is 0.494 e. The number of hydrogen-bond donors (Lipinski definition) is 0. The Morgan fingerprint density at radius 3 is 0.635 bits per heavy atom. The first-order chi connectivity index (χ1) is 51.5. The molecule has 0 radical (unpaired) electrons. The fourth-order valence-electron chi connectivity index (χ4n) is 13.7. The minimum atomic E-state index is 0.677. The predicted octanol–water partition coefficient (Wildman–Crippen LogP) is 22.7. The van der Waals surface area contributed by atoms with E-state index in [9.17, 15) is 0 Å². The number of benzene rings is 6. The van der Waals surface area contributed by atoms with Crippen LogP contribution in [0, 0.1) is 0 Å². The Hall–Kier alpha value is -10.6. The van der Waals surface area contributed by atoms with Crippen LogP contribution in [0.25, 0.3) is 67.8 Å². The summed E-state index contributed by atoms with van der Waals surface area (Å²) in [6.45, 7) is 2.71. The van der Waals surface area contributed by atoms with Crippen molar-refractivity contribution in [1.82, 2.24) is 29.9 Å². The molecule has 10 nitrogen and oxygen atoms in total. The molecule has 104 heavy (non-hydrogen) atoms. The Labute approximate surface area is 616 Å². The van der Waals surface area contributed by atoms with Crippen LogP contribution in [0.4, 0.5) is 0 Å². The number of hydrogen-bond acceptors (Lipinski definition) is 10. The van der Waals surface area contributed by atoms with Crippen molar-refractivity contribution >= 4 is 0 Å². The molecule has 0 fully saturated rings. The van der Waals surface area contributed by atoms with Gasteiger partial charge in [-0.25, -0.2) is 9.97 Å². The molecule has 12 aromatic rings. The standard InChI is InChI=1S/2C47H49N3O2/c2*1-2-4-7-13-37-20-26-43(27-21-37)52-31-11-15-39-23-29-45(49-35-39)47-33-41(40-16-8-5-9-17-40)32-46(50-47)44-28-22-38(34-48-44)14-10-30-51-42-24-18-36(19-25-42)12-6-3-1/h2*5,8-9,16-29,32-35H,1-4,6-7,10-15,30-31H2. The molecule has 0 atom stereocenters. The zero-order valence-electron chi connectivity index (χ0n) is 60.4. The van der Waals surface area contributed by atoms with Crippen LogP contribution in [0.5, 0.6) is 23.0 Å². The first-order valence-corrected chi connectivity index (χ1v) is 38.3. The second-order valence-electron chi connectivity index (χ2n) is 27.8. The van der Waals surface area contributed by atoms with Crippen molar-refractivity contribution < 1.29 is 18.9 Å². The van der Waals surface area contributed by atoms with E-state index in [1.807, 2.05) is 36.9 Å². The first kappa shape index (κ1) is 71.8. The topological polar surface area (TPSA) is 114 Å². The molecule has 0 aliphatic carbocycles. The van der Waals surface area contributed by atoms with Gasteiger partial charge in [-0.05, 0) is 267 Å². The average Bonchev–Trinajstić information content (AvgIpc) is 0.807. The van der Waals surface area contributed by atoms with E-state index < -0.39 is 0 Å². The summed E-state index contributed by atoms with van der Waals surface area (Å²) in [4.78, 5) is 29.5. The number of rotatable bonds is 2. The number of aromatic nitrogens is 6. The van der Waals surface area contributed by atoms with Gasteiger partial charge in [0.05, 0.1) is 72.0 Å². The number of ether oxygens (including phenoxy) is 4. The van der Waals surface area contributed by atoms with E-state index in [4.69, 9.17) is 48.9 Å². The van der Waals surface area contributed by atoms with Crippen LogP contribution in [-0.4, -0.2) is 56.3 Å². The van der Waals surface area contributed by atoms with Crippen LogP contribution in [0.15, 0.2) is 255 Å². The molecule has 0 unspecified atom stereocenters. The van der Waals surface area contributed by atoms with Crippen LogP contribution in [0.1, 0.15) is 147 Å². The van der Waals surface area contributed by atoms with E-state index >= 15 is 0 Å². The van der Waals surface area contributed by atoms with E-state index in [1.54, 1.807) is 0 Å². The second-order valence-corrected chi connectivity index (χ2v) is 27.8. The Morgan fingerprint density at radius 1 is 0.183 bits per heavy atom. The van der Waals surface area contributed by atoms with E-state index in [2.05, 4.69) is 218 Å². The lowest BCUT2D eigenvalue weighted by Gasteiger charge is -2.11. The summed E-state index contributed by atoms with van der Waals surface area (Å²) in [7, 11) is 0. The minimum Gasteiger partial charge on any atom is -0.494 e. The average molecular weight is 1380 g/mol. The highest BCUT2D eigenvalue weighted by molar-refractivity contribution is 5.76. The van der Waals surface area contributed by atoms with Crippen molar-refractivity contribution in [3.8, 4) is 90.8 Å². The second kappa shape index (κ2) is 38.6. The molecule has 528 valence electrons.